The minimum Gasteiger partial charge on any atom is -0.466 e. The van der Waals surface area contributed by atoms with E-state index in [9.17, 15) is 9.59 Å². The van der Waals surface area contributed by atoms with Crippen molar-refractivity contribution in [1.82, 2.24) is 9.78 Å². The van der Waals surface area contributed by atoms with Gasteiger partial charge in [-0.05, 0) is 19.9 Å². The molecule has 5 nitrogen and oxygen atoms in total. The van der Waals surface area contributed by atoms with Gasteiger partial charge in [-0.3, -0.25) is 14.3 Å². The first-order chi connectivity index (χ1) is 7.17. The highest BCUT2D eigenvalue weighted by atomic mass is 16.5. The van der Waals surface area contributed by atoms with Crippen LogP contribution < -0.4 is 0 Å². The predicted octanol–water partition coefficient (Wildman–Crippen LogP) is 0.957. The second-order valence-electron chi connectivity index (χ2n) is 3.11. The molecular formula is C10H14N2O3. The van der Waals surface area contributed by atoms with Crippen LogP contribution in [0.2, 0.25) is 0 Å². The summed E-state index contributed by atoms with van der Waals surface area (Å²) in [4.78, 5) is 21.5. The number of hydrogen-bond acceptors (Lipinski definition) is 4. The van der Waals surface area contributed by atoms with Crippen LogP contribution >= 0.6 is 0 Å². The van der Waals surface area contributed by atoms with Gasteiger partial charge in [0.1, 0.15) is 5.69 Å². The van der Waals surface area contributed by atoms with Crippen molar-refractivity contribution in [2.75, 3.05) is 6.61 Å². The van der Waals surface area contributed by atoms with Crippen molar-refractivity contribution in [3.63, 3.8) is 0 Å². The van der Waals surface area contributed by atoms with E-state index in [0.717, 1.165) is 5.69 Å². The predicted molar refractivity (Wildman–Crippen MR) is 53.6 cm³/mol. The number of hydrogen-bond donors (Lipinski definition) is 0. The summed E-state index contributed by atoms with van der Waals surface area (Å²) in [5, 5.41) is 4.00. The molecule has 0 saturated heterocycles. The highest BCUT2D eigenvalue weighted by molar-refractivity contribution is 5.71. The highest BCUT2D eigenvalue weighted by Gasteiger charge is 2.06. The molecule has 5 heteroatoms. The normalized spacial score (nSPS) is 10.0. The molecule has 0 aliphatic rings. The lowest BCUT2D eigenvalue weighted by atomic mass is 10.4. The molecule has 0 spiro atoms. The first-order valence-corrected chi connectivity index (χ1v) is 4.82. The number of aromatic nitrogens is 2. The van der Waals surface area contributed by atoms with Crippen molar-refractivity contribution in [2.24, 2.45) is 0 Å². The zero-order valence-electron chi connectivity index (χ0n) is 8.90. The zero-order valence-corrected chi connectivity index (χ0v) is 8.90. The molecule has 0 atom stereocenters. The van der Waals surface area contributed by atoms with Crippen molar-refractivity contribution in [1.29, 1.82) is 0 Å². The molecule has 0 bridgehead atoms. The fourth-order valence-corrected chi connectivity index (χ4v) is 1.25. The molecule has 1 heterocycles. The summed E-state index contributed by atoms with van der Waals surface area (Å²) in [6, 6.07) is 1.68. The summed E-state index contributed by atoms with van der Waals surface area (Å²) in [6.07, 6.45) is 0.961. The number of rotatable bonds is 5. The molecule has 0 saturated carbocycles. The van der Waals surface area contributed by atoms with Crippen LogP contribution in [0.1, 0.15) is 29.5 Å². The fraction of sp³-hybridized carbons (Fsp3) is 0.500. The lowest BCUT2D eigenvalue weighted by Crippen LogP contribution is -2.10. The quantitative estimate of drug-likeness (QED) is 0.536. The van der Waals surface area contributed by atoms with Crippen molar-refractivity contribution in [2.45, 2.75) is 26.8 Å². The van der Waals surface area contributed by atoms with Gasteiger partial charge in [-0.1, -0.05) is 0 Å². The molecule has 82 valence electrons. The Morgan fingerprint density at radius 3 is 2.93 bits per heavy atom. The van der Waals surface area contributed by atoms with Crippen LogP contribution in [0.25, 0.3) is 0 Å². The maximum atomic E-state index is 11.1. The van der Waals surface area contributed by atoms with E-state index in [1.54, 1.807) is 17.7 Å². The molecule has 0 aromatic carbocycles. The van der Waals surface area contributed by atoms with Crippen LogP contribution in [0, 0.1) is 6.92 Å². The summed E-state index contributed by atoms with van der Waals surface area (Å²) in [5.74, 6) is -0.250. The van der Waals surface area contributed by atoms with E-state index in [1.807, 2.05) is 6.92 Å². The second kappa shape index (κ2) is 5.29. The number of carbonyl (C=O) groups is 2. The van der Waals surface area contributed by atoms with Gasteiger partial charge in [0.15, 0.2) is 6.29 Å². The number of aryl methyl sites for hydroxylation is 2. The van der Waals surface area contributed by atoms with Crippen LogP contribution in [0.5, 0.6) is 0 Å². The third-order valence-electron chi connectivity index (χ3n) is 1.95. The largest absolute Gasteiger partial charge is 0.466 e. The topological polar surface area (TPSA) is 61.2 Å². The molecule has 0 N–H and O–H groups in total. The first kappa shape index (κ1) is 11.4. The smallest absolute Gasteiger partial charge is 0.307 e. The number of carbonyl (C=O) groups excluding carboxylic acids is 2. The Labute approximate surface area is 88.0 Å². The maximum absolute atomic E-state index is 11.1. The van der Waals surface area contributed by atoms with Crippen molar-refractivity contribution in [3.8, 4) is 0 Å². The Kier molecular flexibility index (Phi) is 4.03. The summed E-state index contributed by atoms with van der Waals surface area (Å²) in [6.45, 7) is 4.43. The van der Waals surface area contributed by atoms with Crippen LogP contribution in [0.4, 0.5) is 0 Å². The Bertz CT molecular complexity index is 358. The Balaban J connectivity index is 2.53. The van der Waals surface area contributed by atoms with Gasteiger partial charge in [0.25, 0.3) is 0 Å². The monoisotopic (exact) mass is 210 g/mol. The van der Waals surface area contributed by atoms with Gasteiger partial charge in [0.05, 0.1) is 19.6 Å². The number of esters is 1. The van der Waals surface area contributed by atoms with Crippen molar-refractivity contribution >= 4 is 12.3 Å². The van der Waals surface area contributed by atoms with Crippen molar-refractivity contribution < 1.29 is 14.3 Å². The van der Waals surface area contributed by atoms with Gasteiger partial charge < -0.3 is 4.74 Å². The standard InChI is InChI=1S/C10H14N2O3/c1-3-15-10(14)4-5-12-8(2)6-9(7-13)11-12/h6-7H,3-5H2,1-2H3. The minimum absolute atomic E-state index is 0.250. The van der Waals surface area contributed by atoms with E-state index >= 15 is 0 Å². The van der Waals surface area contributed by atoms with E-state index in [2.05, 4.69) is 5.10 Å². The molecule has 0 aliphatic carbocycles. The van der Waals surface area contributed by atoms with E-state index < -0.39 is 0 Å². The van der Waals surface area contributed by atoms with E-state index in [4.69, 9.17) is 4.74 Å². The Morgan fingerprint density at radius 1 is 1.67 bits per heavy atom. The molecule has 1 rings (SSSR count). The second-order valence-corrected chi connectivity index (χ2v) is 3.11. The van der Waals surface area contributed by atoms with E-state index in [1.165, 1.54) is 0 Å². The van der Waals surface area contributed by atoms with E-state index in [-0.39, 0.29) is 12.4 Å². The fourth-order valence-electron chi connectivity index (χ4n) is 1.25. The molecular weight excluding hydrogens is 196 g/mol. The molecule has 0 radical (unpaired) electrons. The molecule has 1 aromatic heterocycles. The van der Waals surface area contributed by atoms with Gasteiger partial charge in [0, 0.05) is 5.69 Å². The molecule has 1 aromatic rings. The van der Waals surface area contributed by atoms with Gasteiger partial charge >= 0.3 is 5.97 Å². The third kappa shape index (κ3) is 3.19. The number of ether oxygens (including phenoxy) is 1. The molecule has 0 unspecified atom stereocenters. The zero-order chi connectivity index (χ0) is 11.3. The lowest BCUT2D eigenvalue weighted by Gasteiger charge is -2.03. The minimum atomic E-state index is -0.250. The van der Waals surface area contributed by atoms with Gasteiger partial charge in [0.2, 0.25) is 0 Å². The number of nitrogens with zero attached hydrogens (tertiary/aromatic N) is 2. The average Bonchev–Trinajstić information content (AvgIpc) is 2.57. The highest BCUT2D eigenvalue weighted by Crippen LogP contribution is 2.02. The third-order valence-corrected chi connectivity index (χ3v) is 1.95. The SMILES string of the molecule is CCOC(=O)CCn1nc(C=O)cc1C. The van der Waals surface area contributed by atoms with Crippen LogP contribution in [0.15, 0.2) is 6.07 Å². The first-order valence-electron chi connectivity index (χ1n) is 4.82. The summed E-state index contributed by atoms with van der Waals surface area (Å²) >= 11 is 0. The Morgan fingerprint density at radius 2 is 2.40 bits per heavy atom. The van der Waals surface area contributed by atoms with Crippen LogP contribution in [0.3, 0.4) is 0 Å². The molecule has 0 amide bonds. The van der Waals surface area contributed by atoms with Gasteiger partial charge in [-0.2, -0.15) is 5.10 Å². The van der Waals surface area contributed by atoms with E-state index in [0.29, 0.717) is 25.1 Å². The lowest BCUT2D eigenvalue weighted by molar-refractivity contribution is -0.143. The molecule has 0 fully saturated rings. The Hall–Kier alpha value is -1.65. The summed E-state index contributed by atoms with van der Waals surface area (Å²) in [7, 11) is 0. The summed E-state index contributed by atoms with van der Waals surface area (Å²) in [5.41, 5.74) is 1.25. The molecule has 15 heavy (non-hydrogen) atoms. The molecule has 0 aliphatic heterocycles. The average molecular weight is 210 g/mol. The number of aldehydes is 1. The van der Waals surface area contributed by atoms with Crippen molar-refractivity contribution in [3.05, 3.63) is 17.5 Å². The van der Waals surface area contributed by atoms with Gasteiger partial charge in [-0.15, -0.1) is 0 Å². The van der Waals surface area contributed by atoms with Crippen LogP contribution in [-0.2, 0) is 16.1 Å². The van der Waals surface area contributed by atoms with Gasteiger partial charge in [-0.25, -0.2) is 0 Å². The maximum Gasteiger partial charge on any atom is 0.307 e. The van der Waals surface area contributed by atoms with Crippen LogP contribution in [-0.4, -0.2) is 28.6 Å². The summed E-state index contributed by atoms with van der Waals surface area (Å²) < 4.78 is 6.41.